The SMILES string of the molecule is c1ccc(-c2ccc(N(c3ccc(-c4ccccc4)cc3)c3cc(-c4ccc5ccccc5c4)c4oc5c6ccccc6c6ccccc6c5c4c3)cc2)cc1. The minimum absolute atomic E-state index is 0.888. The minimum Gasteiger partial charge on any atom is -0.455 e. The zero-order valence-corrected chi connectivity index (χ0v) is 30.6. The molecule has 0 aliphatic heterocycles. The Morgan fingerprint density at radius 1 is 0.286 bits per heavy atom. The van der Waals surface area contributed by atoms with Crippen molar-refractivity contribution >= 4 is 71.3 Å². The lowest BCUT2D eigenvalue weighted by Gasteiger charge is -2.27. The molecule has 2 nitrogen and oxygen atoms in total. The van der Waals surface area contributed by atoms with E-state index in [1.807, 2.05) is 0 Å². The van der Waals surface area contributed by atoms with E-state index in [0.29, 0.717) is 0 Å². The molecule has 10 aromatic carbocycles. The summed E-state index contributed by atoms with van der Waals surface area (Å²) in [6, 6.07) is 76.4. The molecule has 11 aromatic rings. The molecule has 0 amide bonds. The first-order chi connectivity index (χ1) is 27.8. The highest BCUT2D eigenvalue weighted by molar-refractivity contribution is 6.31. The van der Waals surface area contributed by atoms with Crippen LogP contribution in [0.25, 0.3) is 87.6 Å². The van der Waals surface area contributed by atoms with Crippen molar-refractivity contribution in [2.45, 2.75) is 0 Å². The van der Waals surface area contributed by atoms with E-state index in [4.69, 9.17) is 4.42 Å². The molecule has 0 saturated heterocycles. The maximum atomic E-state index is 7.13. The summed E-state index contributed by atoms with van der Waals surface area (Å²) in [5.74, 6) is 0. The molecule has 0 bridgehead atoms. The molecule has 0 N–H and O–H groups in total. The van der Waals surface area contributed by atoms with Crippen LogP contribution in [0.15, 0.2) is 217 Å². The lowest BCUT2D eigenvalue weighted by atomic mass is 9.94. The number of hydrogen-bond donors (Lipinski definition) is 0. The second kappa shape index (κ2) is 13.2. The molecule has 2 heteroatoms. The van der Waals surface area contributed by atoms with Crippen molar-refractivity contribution in [3.05, 3.63) is 212 Å². The van der Waals surface area contributed by atoms with E-state index in [0.717, 1.165) is 55.5 Å². The molecule has 262 valence electrons. The highest BCUT2D eigenvalue weighted by Crippen LogP contribution is 2.47. The van der Waals surface area contributed by atoms with Gasteiger partial charge in [-0.15, -0.1) is 0 Å². The molecule has 0 spiro atoms. The third kappa shape index (κ3) is 5.34. The van der Waals surface area contributed by atoms with Gasteiger partial charge in [-0.3, -0.25) is 0 Å². The van der Waals surface area contributed by atoms with Crippen LogP contribution in [-0.2, 0) is 0 Å². The third-order valence-electron chi connectivity index (χ3n) is 11.2. The molecule has 0 fully saturated rings. The van der Waals surface area contributed by atoms with Crippen molar-refractivity contribution < 1.29 is 4.42 Å². The van der Waals surface area contributed by atoms with Gasteiger partial charge in [-0.1, -0.05) is 170 Å². The summed E-state index contributed by atoms with van der Waals surface area (Å²) in [5.41, 5.74) is 11.9. The lowest BCUT2D eigenvalue weighted by molar-refractivity contribution is 0.674. The van der Waals surface area contributed by atoms with Crippen molar-refractivity contribution in [1.82, 2.24) is 0 Å². The number of nitrogens with zero attached hydrogens (tertiary/aromatic N) is 1. The molecular weight excluding hydrogens is 679 g/mol. The largest absolute Gasteiger partial charge is 0.455 e. The molecule has 0 aliphatic carbocycles. The quantitative estimate of drug-likeness (QED) is 0.160. The second-order valence-electron chi connectivity index (χ2n) is 14.5. The first-order valence-electron chi connectivity index (χ1n) is 19.2. The fraction of sp³-hybridized carbons (Fsp3) is 0. The van der Waals surface area contributed by atoms with Gasteiger partial charge in [0.05, 0.1) is 0 Å². The molecule has 0 radical (unpaired) electrons. The van der Waals surface area contributed by atoms with E-state index >= 15 is 0 Å². The summed E-state index contributed by atoms with van der Waals surface area (Å²) in [6.07, 6.45) is 0. The van der Waals surface area contributed by atoms with Crippen LogP contribution in [0.2, 0.25) is 0 Å². The Hall–Kier alpha value is -7.42. The van der Waals surface area contributed by atoms with Crippen LogP contribution in [0, 0.1) is 0 Å². The highest BCUT2D eigenvalue weighted by Gasteiger charge is 2.23. The van der Waals surface area contributed by atoms with Gasteiger partial charge in [-0.25, -0.2) is 0 Å². The first-order valence-corrected chi connectivity index (χ1v) is 19.2. The smallest absolute Gasteiger partial charge is 0.143 e. The van der Waals surface area contributed by atoms with Gasteiger partial charge in [0.15, 0.2) is 0 Å². The fourth-order valence-electron chi connectivity index (χ4n) is 8.51. The molecule has 11 rings (SSSR count). The van der Waals surface area contributed by atoms with Crippen LogP contribution < -0.4 is 4.90 Å². The third-order valence-corrected chi connectivity index (χ3v) is 11.2. The van der Waals surface area contributed by atoms with E-state index in [1.165, 1.54) is 49.2 Å². The summed E-state index contributed by atoms with van der Waals surface area (Å²) in [6.45, 7) is 0. The van der Waals surface area contributed by atoms with E-state index in [1.54, 1.807) is 0 Å². The maximum absolute atomic E-state index is 7.13. The zero-order chi connectivity index (χ0) is 37.0. The van der Waals surface area contributed by atoms with Gasteiger partial charge in [-0.2, -0.15) is 0 Å². The monoisotopic (exact) mass is 713 g/mol. The lowest BCUT2D eigenvalue weighted by Crippen LogP contribution is -2.10. The van der Waals surface area contributed by atoms with Crippen LogP contribution in [0.3, 0.4) is 0 Å². The van der Waals surface area contributed by atoms with Crippen LogP contribution in [0.1, 0.15) is 0 Å². The average molecular weight is 714 g/mol. The number of benzene rings is 10. The van der Waals surface area contributed by atoms with Gasteiger partial charge in [0.1, 0.15) is 11.2 Å². The maximum Gasteiger partial charge on any atom is 0.143 e. The van der Waals surface area contributed by atoms with E-state index in [9.17, 15) is 0 Å². The molecule has 0 saturated carbocycles. The van der Waals surface area contributed by atoms with Gasteiger partial charge in [0.25, 0.3) is 0 Å². The Bertz CT molecular complexity index is 3130. The molecule has 0 unspecified atom stereocenters. The minimum atomic E-state index is 0.888. The summed E-state index contributed by atoms with van der Waals surface area (Å²) >= 11 is 0. The number of hydrogen-bond acceptors (Lipinski definition) is 2. The summed E-state index contributed by atoms with van der Waals surface area (Å²) in [4.78, 5) is 2.38. The Labute approximate surface area is 325 Å². The average Bonchev–Trinajstić information content (AvgIpc) is 3.67. The zero-order valence-electron chi connectivity index (χ0n) is 30.6. The summed E-state index contributed by atoms with van der Waals surface area (Å²) < 4.78 is 7.13. The van der Waals surface area contributed by atoms with Gasteiger partial charge >= 0.3 is 0 Å². The van der Waals surface area contributed by atoms with Gasteiger partial charge < -0.3 is 9.32 Å². The highest BCUT2D eigenvalue weighted by atomic mass is 16.3. The first kappa shape index (κ1) is 32.0. The van der Waals surface area contributed by atoms with Gasteiger partial charge in [0.2, 0.25) is 0 Å². The Balaban J connectivity index is 1.21. The molecule has 0 atom stereocenters. The number of anilines is 3. The van der Waals surface area contributed by atoms with Crippen molar-refractivity contribution in [1.29, 1.82) is 0 Å². The summed E-state index contributed by atoms with van der Waals surface area (Å²) in [5, 5.41) is 9.36. The number of fused-ring (bicyclic) bond motifs is 9. The summed E-state index contributed by atoms with van der Waals surface area (Å²) in [7, 11) is 0. The normalized spacial score (nSPS) is 11.6. The van der Waals surface area contributed by atoms with E-state index in [-0.39, 0.29) is 0 Å². The van der Waals surface area contributed by atoms with E-state index < -0.39 is 0 Å². The van der Waals surface area contributed by atoms with Crippen molar-refractivity contribution in [2.75, 3.05) is 4.90 Å². The van der Waals surface area contributed by atoms with Gasteiger partial charge in [0, 0.05) is 38.8 Å². The molecule has 1 heterocycles. The van der Waals surface area contributed by atoms with Crippen molar-refractivity contribution in [2.24, 2.45) is 0 Å². The Morgan fingerprint density at radius 3 is 1.39 bits per heavy atom. The van der Waals surface area contributed by atoms with Crippen LogP contribution in [0.5, 0.6) is 0 Å². The fourth-order valence-corrected chi connectivity index (χ4v) is 8.51. The van der Waals surface area contributed by atoms with Crippen LogP contribution in [0.4, 0.5) is 17.1 Å². The van der Waals surface area contributed by atoms with Crippen molar-refractivity contribution in [3.63, 3.8) is 0 Å². The standard InChI is InChI=1S/C54H35NO/c1-3-13-36(14-4-1)39-25-29-43(30-26-39)55(44-31-27-40(28-32-44)37-15-5-2-6-16-37)45-34-50(42-24-23-38-17-7-8-18-41(38)33-42)53-51(35-45)52-48-21-11-9-19-46(48)47-20-10-12-22-49(47)54(52)56-53/h1-35H. The molecule has 56 heavy (non-hydrogen) atoms. The Morgan fingerprint density at radius 2 is 0.768 bits per heavy atom. The number of furan rings is 1. The van der Waals surface area contributed by atoms with Gasteiger partial charge in [-0.05, 0) is 97.2 Å². The molecular formula is C54H35NO. The predicted octanol–water partition coefficient (Wildman–Crippen LogP) is 15.5. The van der Waals surface area contributed by atoms with E-state index in [2.05, 4.69) is 217 Å². The predicted molar refractivity (Wildman–Crippen MR) is 237 cm³/mol. The van der Waals surface area contributed by atoms with Crippen LogP contribution >= 0.6 is 0 Å². The van der Waals surface area contributed by atoms with Crippen molar-refractivity contribution in [3.8, 4) is 33.4 Å². The molecule has 0 aliphatic rings. The number of rotatable bonds is 6. The van der Waals surface area contributed by atoms with Crippen LogP contribution in [-0.4, -0.2) is 0 Å². The second-order valence-corrected chi connectivity index (χ2v) is 14.5. The Kier molecular flexibility index (Phi) is 7.53. The molecule has 1 aromatic heterocycles. The topological polar surface area (TPSA) is 16.4 Å².